The maximum atomic E-state index is 3.91. The molecule has 1 fully saturated rings. The van der Waals surface area contributed by atoms with E-state index < -0.39 is 0 Å². The molecule has 5 nitrogen and oxygen atoms in total. The highest BCUT2D eigenvalue weighted by Crippen LogP contribution is 1.94. The molecule has 0 unspecified atom stereocenters. The van der Waals surface area contributed by atoms with E-state index in [9.17, 15) is 0 Å². The molecule has 2 rings (SSSR count). The average Bonchev–Trinajstić information content (AvgIpc) is 2.59. The molecule has 0 spiro atoms. The Kier molecular flexibility index (Phi) is 2.33. The Morgan fingerprint density at radius 2 is 2.17 bits per heavy atom. The highest BCUT2D eigenvalue weighted by atomic mass is 15.5. The second kappa shape index (κ2) is 3.64. The zero-order chi connectivity index (χ0) is 8.23. The lowest BCUT2D eigenvalue weighted by Crippen LogP contribution is -2.44. The van der Waals surface area contributed by atoms with E-state index in [4.69, 9.17) is 0 Å². The second-order valence-electron chi connectivity index (χ2n) is 2.95. The van der Waals surface area contributed by atoms with Crippen LogP contribution < -0.4 is 5.32 Å². The van der Waals surface area contributed by atoms with Gasteiger partial charge in [-0.05, 0) is 0 Å². The Labute approximate surface area is 71.4 Å². The first kappa shape index (κ1) is 7.70. The molecule has 1 aliphatic heterocycles. The number of nitrogens with zero attached hydrogens (tertiary/aromatic N) is 4. The van der Waals surface area contributed by atoms with Crippen molar-refractivity contribution in [3.8, 4) is 0 Å². The molecule has 0 radical (unpaired) electrons. The Morgan fingerprint density at radius 3 is 2.83 bits per heavy atom. The van der Waals surface area contributed by atoms with Crippen molar-refractivity contribution in [3.05, 3.63) is 12.4 Å². The highest BCUT2D eigenvalue weighted by Gasteiger charge is 2.09. The largest absolute Gasteiger partial charge is 0.314 e. The number of piperazine rings is 1. The SMILES string of the molecule is c1cn(CN2CCNCC2)nn1. The number of rotatable bonds is 2. The first-order chi connectivity index (χ1) is 5.95. The maximum Gasteiger partial charge on any atom is 0.0947 e. The molecule has 0 atom stereocenters. The smallest absolute Gasteiger partial charge is 0.0947 e. The Hall–Kier alpha value is -0.940. The van der Waals surface area contributed by atoms with Crippen LogP contribution in [0, 0.1) is 0 Å². The van der Waals surface area contributed by atoms with E-state index in [1.807, 2.05) is 10.9 Å². The van der Waals surface area contributed by atoms with Gasteiger partial charge in [-0.25, -0.2) is 4.68 Å². The van der Waals surface area contributed by atoms with E-state index in [0.717, 1.165) is 32.8 Å². The second-order valence-corrected chi connectivity index (χ2v) is 2.95. The van der Waals surface area contributed by atoms with Crippen molar-refractivity contribution < 1.29 is 0 Å². The van der Waals surface area contributed by atoms with Gasteiger partial charge in [0, 0.05) is 32.4 Å². The van der Waals surface area contributed by atoms with E-state index in [1.54, 1.807) is 6.20 Å². The van der Waals surface area contributed by atoms with Crippen LogP contribution in [0.3, 0.4) is 0 Å². The number of hydrogen-bond acceptors (Lipinski definition) is 4. The van der Waals surface area contributed by atoms with Gasteiger partial charge >= 0.3 is 0 Å². The Balaban J connectivity index is 1.86. The molecule has 0 bridgehead atoms. The minimum Gasteiger partial charge on any atom is -0.314 e. The van der Waals surface area contributed by atoms with Crippen molar-refractivity contribution >= 4 is 0 Å². The van der Waals surface area contributed by atoms with E-state index in [0.29, 0.717) is 0 Å². The molecule has 1 aromatic heterocycles. The Morgan fingerprint density at radius 1 is 1.33 bits per heavy atom. The molecule has 12 heavy (non-hydrogen) atoms. The topological polar surface area (TPSA) is 46.0 Å². The van der Waals surface area contributed by atoms with Crippen molar-refractivity contribution in [1.29, 1.82) is 0 Å². The molecule has 0 amide bonds. The van der Waals surface area contributed by atoms with Crippen molar-refractivity contribution in [2.24, 2.45) is 0 Å². The van der Waals surface area contributed by atoms with Gasteiger partial charge in [0.05, 0.1) is 12.9 Å². The zero-order valence-corrected chi connectivity index (χ0v) is 6.98. The van der Waals surface area contributed by atoms with Crippen LogP contribution in [0.2, 0.25) is 0 Å². The summed E-state index contributed by atoms with van der Waals surface area (Å²) in [6, 6.07) is 0. The molecule has 0 aliphatic carbocycles. The third kappa shape index (κ3) is 1.80. The van der Waals surface area contributed by atoms with Crippen LogP contribution >= 0.6 is 0 Å². The molecule has 1 aromatic rings. The third-order valence-electron chi connectivity index (χ3n) is 2.03. The number of nitrogens with one attached hydrogen (secondary N) is 1. The van der Waals surface area contributed by atoms with Crippen LogP contribution in [-0.2, 0) is 6.67 Å². The van der Waals surface area contributed by atoms with Crippen LogP contribution in [0.15, 0.2) is 12.4 Å². The van der Waals surface area contributed by atoms with E-state index in [-0.39, 0.29) is 0 Å². The van der Waals surface area contributed by atoms with Crippen molar-refractivity contribution in [2.75, 3.05) is 26.2 Å². The Bertz CT molecular complexity index is 214. The summed E-state index contributed by atoms with van der Waals surface area (Å²) in [5.74, 6) is 0. The molecule has 1 N–H and O–H groups in total. The van der Waals surface area contributed by atoms with Crippen molar-refractivity contribution in [2.45, 2.75) is 6.67 Å². The normalized spacial score (nSPS) is 19.7. The fourth-order valence-corrected chi connectivity index (χ4v) is 1.37. The van der Waals surface area contributed by atoms with Gasteiger partial charge in [0.15, 0.2) is 0 Å². The van der Waals surface area contributed by atoms with E-state index in [2.05, 4.69) is 20.5 Å². The molecule has 2 heterocycles. The summed E-state index contributed by atoms with van der Waals surface area (Å²) in [5, 5.41) is 11.0. The summed E-state index contributed by atoms with van der Waals surface area (Å²) < 4.78 is 1.85. The summed E-state index contributed by atoms with van der Waals surface area (Å²) in [5.41, 5.74) is 0. The fraction of sp³-hybridized carbons (Fsp3) is 0.714. The summed E-state index contributed by atoms with van der Waals surface area (Å²) in [4.78, 5) is 2.35. The third-order valence-corrected chi connectivity index (χ3v) is 2.03. The van der Waals surface area contributed by atoms with Gasteiger partial charge in [-0.15, -0.1) is 5.10 Å². The number of hydrogen-bond donors (Lipinski definition) is 1. The summed E-state index contributed by atoms with van der Waals surface area (Å²) >= 11 is 0. The number of aromatic nitrogens is 3. The minimum atomic E-state index is 0.863. The summed E-state index contributed by atoms with van der Waals surface area (Å²) in [6.45, 7) is 5.21. The van der Waals surface area contributed by atoms with E-state index >= 15 is 0 Å². The molecule has 5 heteroatoms. The van der Waals surface area contributed by atoms with Crippen LogP contribution in [0.25, 0.3) is 0 Å². The molecular formula is C7H13N5. The van der Waals surface area contributed by atoms with Crippen LogP contribution in [-0.4, -0.2) is 46.1 Å². The molecule has 66 valence electrons. The van der Waals surface area contributed by atoms with Gasteiger partial charge in [-0.1, -0.05) is 5.21 Å². The fourth-order valence-electron chi connectivity index (χ4n) is 1.37. The molecule has 0 aromatic carbocycles. The van der Waals surface area contributed by atoms with Crippen LogP contribution in [0.4, 0.5) is 0 Å². The van der Waals surface area contributed by atoms with Gasteiger partial charge in [0.2, 0.25) is 0 Å². The lowest BCUT2D eigenvalue weighted by Gasteiger charge is -2.26. The van der Waals surface area contributed by atoms with Crippen LogP contribution in [0.5, 0.6) is 0 Å². The van der Waals surface area contributed by atoms with Gasteiger partial charge in [-0.2, -0.15) is 0 Å². The molecule has 1 saturated heterocycles. The maximum absolute atomic E-state index is 3.91. The molecule has 1 aliphatic rings. The van der Waals surface area contributed by atoms with Crippen molar-refractivity contribution in [1.82, 2.24) is 25.2 Å². The first-order valence-electron chi connectivity index (χ1n) is 4.22. The lowest BCUT2D eigenvalue weighted by molar-refractivity contribution is 0.182. The lowest BCUT2D eigenvalue weighted by atomic mass is 10.4. The van der Waals surface area contributed by atoms with Gasteiger partial charge in [0.1, 0.15) is 0 Å². The predicted octanol–water partition coefficient (Wildman–Crippen LogP) is -0.859. The highest BCUT2D eigenvalue weighted by molar-refractivity contribution is 4.68. The monoisotopic (exact) mass is 167 g/mol. The molecular weight excluding hydrogens is 154 g/mol. The van der Waals surface area contributed by atoms with E-state index in [1.165, 1.54) is 0 Å². The first-order valence-corrected chi connectivity index (χ1v) is 4.22. The average molecular weight is 167 g/mol. The minimum absolute atomic E-state index is 0.863. The predicted molar refractivity (Wildman–Crippen MR) is 44.5 cm³/mol. The summed E-state index contributed by atoms with van der Waals surface area (Å²) in [6.07, 6.45) is 3.60. The van der Waals surface area contributed by atoms with Gasteiger partial charge < -0.3 is 5.32 Å². The van der Waals surface area contributed by atoms with Crippen LogP contribution in [0.1, 0.15) is 0 Å². The summed E-state index contributed by atoms with van der Waals surface area (Å²) in [7, 11) is 0. The van der Waals surface area contributed by atoms with Gasteiger partial charge in [-0.3, -0.25) is 4.90 Å². The standard InChI is InChI=1S/C7H13N5/c1-4-11(5-2-8-1)7-12-6-3-9-10-12/h3,6,8H,1-2,4-5,7H2. The van der Waals surface area contributed by atoms with Crippen molar-refractivity contribution in [3.63, 3.8) is 0 Å². The van der Waals surface area contributed by atoms with Gasteiger partial charge in [0.25, 0.3) is 0 Å². The zero-order valence-electron chi connectivity index (χ0n) is 6.98. The molecule has 0 saturated carbocycles. The quantitative estimate of drug-likeness (QED) is 0.622.